The molecule has 4 rings (SSSR count). The maximum absolute atomic E-state index is 13.2. The van der Waals surface area contributed by atoms with Crippen molar-refractivity contribution in [3.8, 4) is 0 Å². The Labute approximate surface area is 167 Å². The molecule has 8 heteroatoms. The lowest BCUT2D eigenvalue weighted by molar-refractivity contribution is -0.139. The largest absolute Gasteiger partial charge is 0.463 e. The van der Waals surface area contributed by atoms with Crippen molar-refractivity contribution in [2.24, 2.45) is 4.99 Å². The Balaban J connectivity index is 1.96. The first-order valence-corrected chi connectivity index (χ1v) is 10.9. The van der Waals surface area contributed by atoms with Crippen molar-refractivity contribution in [2.45, 2.75) is 19.9 Å². The summed E-state index contributed by atoms with van der Waals surface area (Å²) < 4.78 is 7.48. The standard InChI is InChI=1S/C19H16N2O3S3/c1-3-24-18(23)15-11(2)20-19-21(16(15)13-7-5-9-26-13)17(22)14(27-19)10-12-6-4-8-25-12/h4-10,16H,3H2,1-2H3/t16-/m0/s1. The Morgan fingerprint density at radius 1 is 1.30 bits per heavy atom. The van der Waals surface area contributed by atoms with Gasteiger partial charge in [-0.1, -0.05) is 23.5 Å². The van der Waals surface area contributed by atoms with Gasteiger partial charge in [0.25, 0.3) is 5.56 Å². The van der Waals surface area contributed by atoms with Crippen LogP contribution in [0.4, 0.5) is 0 Å². The molecule has 0 spiro atoms. The van der Waals surface area contributed by atoms with Crippen molar-refractivity contribution in [3.63, 3.8) is 0 Å². The number of hydrogen-bond donors (Lipinski definition) is 0. The third-order valence-electron chi connectivity index (χ3n) is 4.15. The Morgan fingerprint density at radius 3 is 2.74 bits per heavy atom. The van der Waals surface area contributed by atoms with Crippen molar-refractivity contribution in [3.05, 3.63) is 75.7 Å². The molecular formula is C19H16N2O3S3. The average Bonchev–Trinajstić information content (AvgIpc) is 3.38. The summed E-state index contributed by atoms with van der Waals surface area (Å²) in [5.74, 6) is -0.426. The highest BCUT2D eigenvalue weighted by Gasteiger charge is 2.33. The van der Waals surface area contributed by atoms with Gasteiger partial charge in [-0.25, -0.2) is 9.79 Å². The summed E-state index contributed by atoms with van der Waals surface area (Å²) in [4.78, 5) is 32.9. The zero-order chi connectivity index (χ0) is 19.0. The predicted octanol–water partition coefficient (Wildman–Crippen LogP) is 2.92. The molecule has 0 radical (unpaired) electrons. The van der Waals surface area contributed by atoms with Crippen molar-refractivity contribution in [1.29, 1.82) is 0 Å². The molecule has 0 bridgehead atoms. The Bertz CT molecular complexity index is 1180. The summed E-state index contributed by atoms with van der Waals surface area (Å²) in [5, 5.41) is 3.91. The minimum Gasteiger partial charge on any atom is -0.463 e. The highest BCUT2D eigenvalue weighted by molar-refractivity contribution is 7.11. The average molecular weight is 417 g/mol. The maximum Gasteiger partial charge on any atom is 0.338 e. The zero-order valence-corrected chi connectivity index (χ0v) is 17.1. The van der Waals surface area contributed by atoms with E-state index in [4.69, 9.17) is 4.74 Å². The number of allylic oxidation sites excluding steroid dienone is 1. The van der Waals surface area contributed by atoms with Crippen LogP contribution in [-0.2, 0) is 9.53 Å². The fourth-order valence-corrected chi connectivity index (χ4v) is 5.60. The molecule has 1 aliphatic heterocycles. The molecule has 0 saturated carbocycles. The second-order valence-corrected chi connectivity index (χ2v) is 8.80. The molecule has 0 saturated heterocycles. The Kier molecular flexibility index (Phi) is 4.94. The fourth-order valence-electron chi connectivity index (χ4n) is 3.01. The van der Waals surface area contributed by atoms with Crippen LogP contribution in [0.25, 0.3) is 6.08 Å². The number of rotatable bonds is 4. The summed E-state index contributed by atoms with van der Waals surface area (Å²) in [5.41, 5.74) is 0.880. The number of hydrogen-bond acceptors (Lipinski definition) is 7. The number of carbonyl (C=O) groups is 1. The molecule has 3 aromatic rings. The lowest BCUT2D eigenvalue weighted by Crippen LogP contribution is -2.39. The van der Waals surface area contributed by atoms with Crippen LogP contribution < -0.4 is 14.9 Å². The second-order valence-electron chi connectivity index (χ2n) is 5.83. The topological polar surface area (TPSA) is 60.7 Å². The summed E-state index contributed by atoms with van der Waals surface area (Å²) in [6.07, 6.45) is 1.88. The third kappa shape index (κ3) is 3.24. The molecule has 4 heterocycles. The van der Waals surface area contributed by atoms with Crippen molar-refractivity contribution < 1.29 is 9.53 Å². The first-order chi connectivity index (χ1) is 13.1. The third-order valence-corrected chi connectivity index (χ3v) is 6.87. The van der Waals surface area contributed by atoms with Gasteiger partial charge in [-0.2, -0.15) is 0 Å². The van der Waals surface area contributed by atoms with Gasteiger partial charge in [0.15, 0.2) is 4.80 Å². The molecule has 1 aliphatic rings. The molecule has 1 atom stereocenters. The highest BCUT2D eigenvalue weighted by Crippen LogP contribution is 2.33. The van der Waals surface area contributed by atoms with Crippen LogP contribution in [0.3, 0.4) is 0 Å². The number of nitrogens with zero attached hydrogens (tertiary/aromatic N) is 2. The predicted molar refractivity (Wildman–Crippen MR) is 109 cm³/mol. The van der Waals surface area contributed by atoms with Gasteiger partial charge in [0, 0.05) is 9.75 Å². The van der Waals surface area contributed by atoms with Gasteiger partial charge in [-0.3, -0.25) is 9.36 Å². The Hall–Kier alpha value is -2.29. The van der Waals surface area contributed by atoms with E-state index in [1.165, 1.54) is 22.7 Å². The molecule has 0 amide bonds. The van der Waals surface area contributed by atoms with Gasteiger partial charge in [0.05, 0.1) is 22.4 Å². The summed E-state index contributed by atoms with van der Waals surface area (Å²) in [7, 11) is 0. The number of thiazole rings is 1. The SMILES string of the molecule is CCOC(=O)C1=C(C)N=c2sc(=Cc3cccs3)c(=O)n2[C@H]1c1cccs1. The van der Waals surface area contributed by atoms with E-state index in [1.54, 1.807) is 29.8 Å². The van der Waals surface area contributed by atoms with E-state index in [0.717, 1.165) is 9.75 Å². The maximum atomic E-state index is 13.2. The van der Waals surface area contributed by atoms with E-state index in [9.17, 15) is 9.59 Å². The van der Waals surface area contributed by atoms with Crippen molar-refractivity contribution >= 4 is 46.1 Å². The normalized spacial score (nSPS) is 17.0. The number of ether oxygens (including phenoxy) is 1. The minimum atomic E-state index is -0.509. The van der Waals surface area contributed by atoms with Crippen molar-refractivity contribution in [1.82, 2.24) is 4.57 Å². The molecule has 0 aliphatic carbocycles. The summed E-state index contributed by atoms with van der Waals surface area (Å²) >= 11 is 4.43. The molecule has 0 fully saturated rings. The molecule has 0 aromatic carbocycles. The number of esters is 1. The van der Waals surface area contributed by atoms with E-state index in [-0.39, 0.29) is 12.2 Å². The van der Waals surface area contributed by atoms with E-state index < -0.39 is 12.0 Å². The quantitative estimate of drug-likeness (QED) is 0.615. The van der Waals surface area contributed by atoms with Crippen molar-refractivity contribution in [2.75, 3.05) is 6.61 Å². The number of fused-ring (bicyclic) bond motifs is 1. The fraction of sp³-hybridized carbons (Fsp3) is 0.211. The molecule has 0 N–H and O–H groups in total. The van der Waals surface area contributed by atoms with E-state index >= 15 is 0 Å². The molecule has 5 nitrogen and oxygen atoms in total. The van der Waals surface area contributed by atoms with E-state index in [1.807, 2.05) is 41.1 Å². The highest BCUT2D eigenvalue weighted by atomic mass is 32.1. The Morgan fingerprint density at radius 2 is 2.07 bits per heavy atom. The molecule has 138 valence electrons. The lowest BCUT2D eigenvalue weighted by Gasteiger charge is -2.23. The minimum absolute atomic E-state index is 0.139. The van der Waals surface area contributed by atoms with Gasteiger partial charge in [-0.15, -0.1) is 22.7 Å². The van der Waals surface area contributed by atoms with Gasteiger partial charge in [0.2, 0.25) is 0 Å². The first-order valence-electron chi connectivity index (χ1n) is 8.36. The van der Waals surface area contributed by atoms with E-state index in [0.29, 0.717) is 20.6 Å². The van der Waals surface area contributed by atoms with Crippen LogP contribution in [0, 0.1) is 0 Å². The number of carbonyl (C=O) groups excluding carboxylic acids is 1. The summed E-state index contributed by atoms with van der Waals surface area (Å²) in [6, 6.07) is 7.26. The summed E-state index contributed by atoms with van der Waals surface area (Å²) in [6.45, 7) is 3.84. The molecule has 0 unspecified atom stereocenters. The monoisotopic (exact) mass is 416 g/mol. The lowest BCUT2D eigenvalue weighted by atomic mass is 10.0. The van der Waals surface area contributed by atoms with Gasteiger partial charge in [-0.05, 0) is 42.8 Å². The smallest absolute Gasteiger partial charge is 0.338 e. The van der Waals surface area contributed by atoms with Crippen LogP contribution in [0.2, 0.25) is 0 Å². The first kappa shape index (κ1) is 18.1. The number of thiophene rings is 2. The second kappa shape index (κ2) is 7.38. The van der Waals surface area contributed by atoms with Crippen LogP contribution >= 0.6 is 34.0 Å². The van der Waals surface area contributed by atoms with Crippen LogP contribution in [0.5, 0.6) is 0 Å². The zero-order valence-electron chi connectivity index (χ0n) is 14.7. The molecule has 27 heavy (non-hydrogen) atoms. The molecular weight excluding hydrogens is 400 g/mol. The van der Waals surface area contributed by atoms with Crippen LogP contribution in [0.1, 0.15) is 29.6 Å². The van der Waals surface area contributed by atoms with E-state index in [2.05, 4.69) is 4.99 Å². The molecule has 3 aromatic heterocycles. The number of aromatic nitrogens is 1. The van der Waals surface area contributed by atoms with Gasteiger partial charge >= 0.3 is 5.97 Å². The van der Waals surface area contributed by atoms with Gasteiger partial charge < -0.3 is 4.74 Å². The van der Waals surface area contributed by atoms with Crippen LogP contribution in [-0.4, -0.2) is 17.1 Å². The van der Waals surface area contributed by atoms with Crippen LogP contribution in [0.15, 0.2) is 56.1 Å². The van der Waals surface area contributed by atoms with Gasteiger partial charge in [0.1, 0.15) is 6.04 Å².